The van der Waals surface area contributed by atoms with Crippen LogP contribution in [0.1, 0.15) is 25.5 Å². The van der Waals surface area contributed by atoms with Crippen LogP contribution in [0.2, 0.25) is 5.02 Å². The maximum atomic E-state index is 9.19. The Kier molecular flexibility index (Phi) is 4.74. The molecule has 4 heteroatoms. The first-order valence-electron chi connectivity index (χ1n) is 5.26. The van der Waals surface area contributed by atoms with Crippen molar-refractivity contribution >= 4 is 11.6 Å². The summed E-state index contributed by atoms with van der Waals surface area (Å²) in [6.07, 6.45) is 0. The molecule has 0 saturated heterocycles. The van der Waals surface area contributed by atoms with Gasteiger partial charge in [0, 0.05) is 11.1 Å². The maximum Gasteiger partial charge on any atom is 0.0633 e. The Morgan fingerprint density at radius 2 is 1.88 bits per heavy atom. The molecule has 1 rings (SSSR count). The first-order valence-corrected chi connectivity index (χ1v) is 5.64. The van der Waals surface area contributed by atoms with Crippen LogP contribution < -0.4 is 5.32 Å². The first-order chi connectivity index (χ1) is 7.52. The van der Waals surface area contributed by atoms with Crippen LogP contribution in [0.5, 0.6) is 0 Å². The molecule has 3 N–H and O–H groups in total. The highest BCUT2D eigenvalue weighted by atomic mass is 35.5. The lowest BCUT2D eigenvalue weighted by atomic mass is 10.0. The molecule has 1 unspecified atom stereocenters. The first kappa shape index (κ1) is 13.5. The van der Waals surface area contributed by atoms with Gasteiger partial charge in [0.1, 0.15) is 0 Å². The fourth-order valence-electron chi connectivity index (χ4n) is 1.57. The van der Waals surface area contributed by atoms with Gasteiger partial charge in [-0.2, -0.15) is 0 Å². The molecule has 3 nitrogen and oxygen atoms in total. The second-order valence-corrected chi connectivity index (χ2v) is 4.67. The highest BCUT2D eigenvalue weighted by Crippen LogP contribution is 2.23. The summed E-state index contributed by atoms with van der Waals surface area (Å²) in [4.78, 5) is 0. The van der Waals surface area contributed by atoms with Crippen LogP contribution in [0.4, 0.5) is 0 Å². The molecule has 0 spiro atoms. The Bertz CT molecular complexity index is 340. The minimum Gasteiger partial charge on any atom is -0.394 e. The van der Waals surface area contributed by atoms with Gasteiger partial charge in [-0.1, -0.05) is 29.8 Å². The molecule has 0 bridgehead atoms. The van der Waals surface area contributed by atoms with Gasteiger partial charge >= 0.3 is 0 Å². The highest BCUT2D eigenvalue weighted by molar-refractivity contribution is 6.31. The van der Waals surface area contributed by atoms with Crippen molar-refractivity contribution in [2.45, 2.75) is 25.4 Å². The largest absolute Gasteiger partial charge is 0.394 e. The van der Waals surface area contributed by atoms with E-state index in [1.807, 2.05) is 31.2 Å². The molecule has 1 atom stereocenters. The van der Waals surface area contributed by atoms with Crippen molar-refractivity contribution in [1.29, 1.82) is 0 Å². The van der Waals surface area contributed by atoms with Gasteiger partial charge < -0.3 is 15.5 Å². The van der Waals surface area contributed by atoms with Crippen molar-refractivity contribution in [1.82, 2.24) is 5.32 Å². The summed E-state index contributed by atoms with van der Waals surface area (Å²) in [6, 6.07) is 7.50. The zero-order chi connectivity index (χ0) is 12.2. The van der Waals surface area contributed by atoms with Crippen molar-refractivity contribution in [3.05, 3.63) is 34.9 Å². The zero-order valence-corrected chi connectivity index (χ0v) is 10.3. The molecule has 0 saturated carbocycles. The average molecular weight is 244 g/mol. The van der Waals surface area contributed by atoms with Crippen LogP contribution in [0.25, 0.3) is 0 Å². The standard InChI is InChI=1S/C12H18ClNO2/c1-9(14-12(2,7-15)8-16)10-5-3-4-6-11(10)13/h3-6,9,14-16H,7-8H2,1-2H3. The predicted molar refractivity (Wildman–Crippen MR) is 65.6 cm³/mol. The van der Waals surface area contributed by atoms with Gasteiger partial charge in [0.2, 0.25) is 0 Å². The van der Waals surface area contributed by atoms with Crippen LogP contribution in [0.15, 0.2) is 24.3 Å². The number of hydrogen-bond donors (Lipinski definition) is 3. The fraction of sp³-hybridized carbons (Fsp3) is 0.500. The third-order valence-corrected chi connectivity index (χ3v) is 2.98. The molecule has 0 fully saturated rings. The summed E-state index contributed by atoms with van der Waals surface area (Å²) < 4.78 is 0. The summed E-state index contributed by atoms with van der Waals surface area (Å²) >= 11 is 6.07. The molecule has 0 radical (unpaired) electrons. The number of hydrogen-bond acceptors (Lipinski definition) is 3. The molecule has 0 aromatic heterocycles. The molecule has 90 valence electrons. The molecule has 0 aliphatic rings. The van der Waals surface area contributed by atoms with E-state index in [0.717, 1.165) is 5.56 Å². The van der Waals surface area contributed by atoms with Gasteiger partial charge in [-0.3, -0.25) is 0 Å². The van der Waals surface area contributed by atoms with E-state index >= 15 is 0 Å². The number of nitrogens with one attached hydrogen (secondary N) is 1. The van der Waals surface area contributed by atoms with E-state index in [-0.39, 0.29) is 19.3 Å². The Morgan fingerprint density at radius 1 is 1.31 bits per heavy atom. The number of aliphatic hydroxyl groups is 2. The fourth-order valence-corrected chi connectivity index (χ4v) is 1.87. The molecular weight excluding hydrogens is 226 g/mol. The van der Waals surface area contributed by atoms with Crippen molar-refractivity contribution in [3.8, 4) is 0 Å². The van der Waals surface area contributed by atoms with Crippen molar-refractivity contribution in [2.75, 3.05) is 13.2 Å². The molecule has 0 aliphatic heterocycles. The molecule has 16 heavy (non-hydrogen) atoms. The minimum absolute atomic E-state index is 0.0296. The molecule has 0 aliphatic carbocycles. The smallest absolute Gasteiger partial charge is 0.0633 e. The summed E-state index contributed by atoms with van der Waals surface area (Å²) in [6.45, 7) is 3.46. The van der Waals surface area contributed by atoms with Crippen LogP contribution >= 0.6 is 11.6 Å². The van der Waals surface area contributed by atoms with Crippen LogP contribution in [0.3, 0.4) is 0 Å². The number of rotatable bonds is 5. The summed E-state index contributed by atoms with van der Waals surface area (Å²) in [7, 11) is 0. The van der Waals surface area contributed by atoms with Gasteiger partial charge in [0.25, 0.3) is 0 Å². The van der Waals surface area contributed by atoms with Gasteiger partial charge in [-0.25, -0.2) is 0 Å². The molecule has 0 amide bonds. The van der Waals surface area contributed by atoms with E-state index in [1.54, 1.807) is 6.92 Å². The van der Waals surface area contributed by atoms with E-state index in [4.69, 9.17) is 11.6 Å². The summed E-state index contributed by atoms with van der Waals surface area (Å²) in [5, 5.41) is 22.2. The second kappa shape index (κ2) is 5.64. The summed E-state index contributed by atoms with van der Waals surface area (Å²) in [5.41, 5.74) is 0.260. The Hall–Kier alpha value is -0.610. The Morgan fingerprint density at radius 3 is 2.38 bits per heavy atom. The number of aliphatic hydroxyl groups excluding tert-OH is 2. The Labute approximate surface area is 101 Å². The second-order valence-electron chi connectivity index (χ2n) is 4.26. The topological polar surface area (TPSA) is 52.5 Å². The van der Waals surface area contributed by atoms with Crippen molar-refractivity contribution in [2.24, 2.45) is 0 Å². The zero-order valence-electron chi connectivity index (χ0n) is 9.57. The van der Waals surface area contributed by atoms with Crippen LogP contribution in [-0.4, -0.2) is 29.0 Å². The molecule has 0 heterocycles. The Balaban J connectivity index is 2.80. The van der Waals surface area contributed by atoms with Crippen molar-refractivity contribution < 1.29 is 10.2 Å². The third-order valence-electron chi connectivity index (χ3n) is 2.63. The number of benzene rings is 1. The van der Waals surface area contributed by atoms with Crippen molar-refractivity contribution in [3.63, 3.8) is 0 Å². The van der Waals surface area contributed by atoms with Crippen LogP contribution in [-0.2, 0) is 0 Å². The predicted octanol–water partition coefficient (Wildman–Crippen LogP) is 1.73. The monoisotopic (exact) mass is 243 g/mol. The maximum absolute atomic E-state index is 9.19. The van der Waals surface area contributed by atoms with Gasteiger partial charge in [-0.05, 0) is 25.5 Å². The lowest BCUT2D eigenvalue weighted by Gasteiger charge is -2.30. The van der Waals surface area contributed by atoms with E-state index in [2.05, 4.69) is 5.32 Å². The lowest BCUT2D eigenvalue weighted by Crippen LogP contribution is -2.49. The quantitative estimate of drug-likeness (QED) is 0.738. The minimum atomic E-state index is -0.696. The molecule has 1 aromatic carbocycles. The van der Waals surface area contributed by atoms with E-state index in [0.29, 0.717) is 5.02 Å². The third kappa shape index (κ3) is 3.19. The molecule has 1 aromatic rings. The number of halogens is 1. The highest BCUT2D eigenvalue weighted by Gasteiger charge is 2.25. The van der Waals surface area contributed by atoms with Gasteiger partial charge in [0.15, 0.2) is 0 Å². The normalized spacial score (nSPS) is 13.8. The van der Waals surface area contributed by atoms with Gasteiger partial charge in [0.05, 0.1) is 18.8 Å². The van der Waals surface area contributed by atoms with Crippen LogP contribution in [0, 0.1) is 0 Å². The molecular formula is C12H18ClNO2. The summed E-state index contributed by atoms with van der Waals surface area (Å²) in [5.74, 6) is 0. The average Bonchev–Trinajstić information content (AvgIpc) is 2.29. The van der Waals surface area contributed by atoms with E-state index < -0.39 is 5.54 Å². The van der Waals surface area contributed by atoms with E-state index in [1.165, 1.54) is 0 Å². The SMILES string of the molecule is CC(NC(C)(CO)CO)c1ccccc1Cl. The van der Waals surface area contributed by atoms with Gasteiger partial charge in [-0.15, -0.1) is 0 Å². The lowest BCUT2D eigenvalue weighted by molar-refractivity contribution is 0.0958. The van der Waals surface area contributed by atoms with E-state index in [9.17, 15) is 10.2 Å².